The molecule has 1 heterocycles. The maximum atomic E-state index is 14.5. The highest BCUT2D eigenvalue weighted by molar-refractivity contribution is 7.99. The Morgan fingerprint density at radius 1 is 1.06 bits per heavy atom. The molecule has 0 saturated heterocycles. The van der Waals surface area contributed by atoms with Crippen molar-refractivity contribution in [3.63, 3.8) is 0 Å². The number of amides is 1. The minimum absolute atomic E-state index is 0.0365. The number of nitrogens with zero attached hydrogens (tertiary/aromatic N) is 5. The Labute approximate surface area is 199 Å². The molecule has 172 valence electrons. The molecule has 0 fully saturated rings. The lowest BCUT2D eigenvalue weighted by molar-refractivity contribution is -0.384. The molecule has 0 aliphatic rings. The molecule has 4 aromatic rings. The summed E-state index contributed by atoms with van der Waals surface area (Å²) in [5, 5.41) is 19.7. The number of aryl methyl sites for hydroxylation is 1. The van der Waals surface area contributed by atoms with Crippen LogP contribution in [0.15, 0.2) is 78.0 Å². The second-order valence-electron chi connectivity index (χ2n) is 7.47. The largest absolute Gasteiger partial charge is 0.315 e. The zero-order valence-corrected chi connectivity index (χ0v) is 19.2. The van der Waals surface area contributed by atoms with Crippen molar-refractivity contribution >= 4 is 29.0 Å². The molecule has 0 bridgehead atoms. The van der Waals surface area contributed by atoms with Gasteiger partial charge in [0, 0.05) is 30.6 Å². The van der Waals surface area contributed by atoms with Crippen molar-refractivity contribution in [2.24, 2.45) is 0 Å². The number of benzene rings is 3. The third-order valence-electron chi connectivity index (χ3n) is 5.19. The third-order valence-corrected chi connectivity index (χ3v) is 6.10. The second-order valence-corrected chi connectivity index (χ2v) is 8.41. The Bertz CT molecular complexity index is 1340. The van der Waals surface area contributed by atoms with E-state index in [4.69, 9.17) is 0 Å². The predicted octanol–water partition coefficient (Wildman–Crippen LogP) is 5.05. The number of rotatable bonds is 7. The second kappa shape index (κ2) is 9.84. The number of halogens is 1. The number of anilines is 1. The van der Waals surface area contributed by atoms with Crippen LogP contribution in [-0.2, 0) is 4.79 Å². The normalized spacial score (nSPS) is 10.8. The zero-order chi connectivity index (χ0) is 24.2. The van der Waals surface area contributed by atoms with Gasteiger partial charge in [-0.2, -0.15) is 0 Å². The molecule has 34 heavy (non-hydrogen) atoms. The van der Waals surface area contributed by atoms with Crippen LogP contribution in [0.3, 0.4) is 0 Å². The lowest BCUT2D eigenvalue weighted by atomic mass is 10.2. The number of nitro benzene ring substituents is 1. The highest BCUT2D eigenvalue weighted by atomic mass is 32.2. The van der Waals surface area contributed by atoms with Crippen molar-refractivity contribution in [3.8, 4) is 17.1 Å². The molecular formula is C24H20FN5O3S. The topological polar surface area (TPSA) is 94.2 Å². The summed E-state index contributed by atoms with van der Waals surface area (Å²) in [7, 11) is 1.60. The summed E-state index contributed by atoms with van der Waals surface area (Å²) in [6.45, 7) is 1.97. The fraction of sp³-hybridized carbons (Fsp3) is 0.125. The third kappa shape index (κ3) is 4.81. The van der Waals surface area contributed by atoms with E-state index in [1.165, 1.54) is 47.0 Å². The van der Waals surface area contributed by atoms with Gasteiger partial charge in [-0.3, -0.25) is 19.5 Å². The van der Waals surface area contributed by atoms with Crippen LogP contribution in [0, 0.1) is 22.9 Å². The number of nitro groups is 1. The maximum Gasteiger partial charge on any atom is 0.269 e. The van der Waals surface area contributed by atoms with Crippen molar-refractivity contribution in [3.05, 3.63) is 94.3 Å². The van der Waals surface area contributed by atoms with Crippen LogP contribution in [-0.4, -0.2) is 38.4 Å². The summed E-state index contributed by atoms with van der Waals surface area (Å²) in [6.07, 6.45) is 0. The van der Waals surface area contributed by atoms with Crippen molar-refractivity contribution in [2.45, 2.75) is 12.1 Å². The number of carbonyl (C=O) groups is 1. The van der Waals surface area contributed by atoms with Gasteiger partial charge >= 0.3 is 0 Å². The number of thioether (sulfide) groups is 1. The predicted molar refractivity (Wildman–Crippen MR) is 129 cm³/mol. The van der Waals surface area contributed by atoms with Gasteiger partial charge in [-0.05, 0) is 43.3 Å². The molecule has 8 nitrogen and oxygen atoms in total. The summed E-state index contributed by atoms with van der Waals surface area (Å²) in [4.78, 5) is 24.6. The average Bonchev–Trinajstić information content (AvgIpc) is 3.26. The van der Waals surface area contributed by atoms with Crippen LogP contribution in [0.2, 0.25) is 0 Å². The van der Waals surface area contributed by atoms with Gasteiger partial charge in [0.15, 0.2) is 11.0 Å². The quantitative estimate of drug-likeness (QED) is 0.210. The van der Waals surface area contributed by atoms with Crippen molar-refractivity contribution in [2.75, 3.05) is 17.7 Å². The Kier molecular flexibility index (Phi) is 6.69. The average molecular weight is 478 g/mol. The maximum absolute atomic E-state index is 14.5. The molecule has 0 aliphatic carbocycles. The van der Waals surface area contributed by atoms with Gasteiger partial charge in [-0.15, -0.1) is 10.2 Å². The molecule has 0 spiro atoms. The fourth-order valence-electron chi connectivity index (χ4n) is 3.27. The van der Waals surface area contributed by atoms with Gasteiger partial charge in [0.25, 0.3) is 5.69 Å². The Morgan fingerprint density at radius 2 is 1.74 bits per heavy atom. The summed E-state index contributed by atoms with van der Waals surface area (Å²) in [5.74, 6) is -0.284. The fourth-order valence-corrected chi connectivity index (χ4v) is 4.14. The molecule has 3 aromatic carbocycles. The number of aromatic nitrogens is 3. The SMILES string of the molecule is Cc1ccc(-n2c(SCC(=O)N(C)c3ccc([N+](=O)[O-])cc3)nnc2-c2ccccc2F)cc1. The summed E-state index contributed by atoms with van der Waals surface area (Å²) in [5.41, 5.74) is 2.59. The van der Waals surface area contributed by atoms with Crippen molar-refractivity contribution < 1.29 is 14.1 Å². The number of hydrogen-bond acceptors (Lipinski definition) is 6. The lowest BCUT2D eigenvalue weighted by Gasteiger charge is -2.17. The monoisotopic (exact) mass is 477 g/mol. The molecule has 0 aliphatic heterocycles. The van der Waals surface area contributed by atoms with E-state index in [1.54, 1.807) is 29.8 Å². The molecule has 0 atom stereocenters. The minimum atomic E-state index is -0.494. The van der Waals surface area contributed by atoms with Crippen LogP contribution in [0.5, 0.6) is 0 Å². The van der Waals surface area contributed by atoms with Gasteiger partial charge in [0.2, 0.25) is 5.91 Å². The first kappa shape index (κ1) is 23.1. The smallest absolute Gasteiger partial charge is 0.269 e. The minimum Gasteiger partial charge on any atom is -0.315 e. The van der Waals surface area contributed by atoms with Gasteiger partial charge in [0.05, 0.1) is 16.2 Å². The van der Waals surface area contributed by atoms with Crippen LogP contribution < -0.4 is 4.90 Å². The molecule has 1 amide bonds. The van der Waals surface area contributed by atoms with Gasteiger partial charge in [0.1, 0.15) is 5.82 Å². The van der Waals surface area contributed by atoms with Crippen LogP contribution in [0.1, 0.15) is 5.56 Å². The first-order chi connectivity index (χ1) is 16.3. The summed E-state index contributed by atoms with van der Waals surface area (Å²) in [6, 6.07) is 19.7. The molecule has 0 unspecified atom stereocenters. The summed E-state index contributed by atoms with van der Waals surface area (Å²) < 4.78 is 16.3. The van der Waals surface area contributed by atoms with E-state index in [1.807, 2.05) is 31.2 Å². The van der Waals surface area contributed by atoms with E-state index in [0.717, 1.165) is 11.3 Å². The molecule has 0 saturated carbocycles. The molecule has 4 rings (SSSR count). The molecule has 0 N–H and O–H groups in total. The first-order valence-electron chi connectivity index (χ1n) is 10.3. The number of hydrogen-bond donors (Lipinski definition) is 0. The molecule has 1 aromatic heterocycles. The highest BCUT2D eigenvalue weighted by Crippen LogP contribution is 2.30. The Balaban J connectivity index is 1.60. The van der Waals surface area contributed by atoms with Gasteiger partial charge in [-0.25, -0.2) is 4.39 Å². The van der Waals surface area contributed by atoms with E-state index in [2.05, 4.69) is 10.2 Å². The number of non-ortho nitro benzene ring substituents is 1. The number of carbonyl (C=O) groups excluding carboxylic acids is 1. The van der Waals surface area contributed by atoms with E-state index in [-0.39, 0.29) is 17.3 Å². The van der Waals surface area contributed by atoms with Gasteiger partial charge in [-0.1, -0.05) is 41.6 Å². The van der Waals surface area contributed by atoms with Crippen molar-refractivity contribution in [1.82, 2.24) is 14.8 Å². The zero-order valence-electron chi connectivity index (χ0n) is 18.4. The van der Waals surface area contributed by atoms with Crippen LogP contribution >= 0.6 is 11.8 Å². The lowest BCUT2D eigenvalue weighted by Crippen LogP contribution is -2.28. The standard InChI is InChI=1S/C24H20FN5O3S/c1-16-7-9-18(10-8-16)29-23(20-5-3-4-6-21(20)25)26-27-24(29)34-15-22(31)28(2)17-11-13-19(14-12-17)30(32)33/h3-14H,15H2,1-2H3. The highest BCUT2D eigenvalue weighted by Gasteiger charge is 2.21. The Morgan fingerprint density at radius 3 is 2.38 bits per heavy atom. The molecule has 10 heteroatoms. The van der Waals surface area contributed by atoms with E-state index >= 15 is 0 Å². The van der Waals surface area contributed by atoms with E-state index in [0.29, 0.717) is 22.2 Å². The summed E-state index contributed by atoms with van der Waals surface area (Å²) >= 11 is 1.17. The van der Waals surface area contributed by atoms with E-state index < -0.39 is 10.7 Å². The van der Waals surface area contributed by atoms with Crippen molar-refractivity contribution in [1.29, 1.82) is 0 Å². The van der Waals surface area contributed by atoms with Gasteiger partial charge < -0.3 is 4.90 Å². The molecular weight excluding hydrogens is 457 g/mol. The molecule has 0 radical (unpaired) electrons. The van der Waals surface area contributed by atoms with Crippen LogP contribution in [0.4, 0.5) is 15.8 Å². The van der Waals surface area contributed by atoms with Crippen LogP contribution in [0.25, 0.3) is 17.1 Å². The Hall–Kier alpha value is -4.05. The first-order valence-corrected chi connectivity index (χ1v) is 11.2. The van der Waals surface area contributed by atoms with E-state index in [9.17, 15) is 19.3 Å².